The molecule has 2 aromatic carbocycles. The molecule has 6 rings (SSSR count). The number of nitrogens with zero attached hydrogens (tertiary/aromatic N) is 5. The molecule has 2 bridgehead atoms. The first-order valence-electron chi connectivity index (χ1n) is 11.2. The predicted molar refractivity (Wildman–Crippen MR) is 120 cm³/mol. The molecule has 1 aromatic heterocycles. The monoisotopic (exact) mass is 457 g/mol. The Kier molecular flexibility index (Phi) is 4.47. The lowest BCUT2D eigenvalue weighted by Gasteiger charge is -2.29. The van der Waals surface area contributed by atoms with Crippen LogP contribution in [0.2, 0.25) is 0 Å². The summed E-state index contributed by atoms with van der Waals surface area (Å²) in [5.41, 5.74) is 2.74. The van der Waals surface area contributed by atoms with E-state index >= 15 is 0 Å². The summed E-state index contributed by atoms with van der Waals surface area (Å²) in [6.45, 7) is 4.21. The van der Waals surface area contributed by atoms with Crippen LogP contribution in [0.1, 0.15) is 28.6 Å². The third-order valence-electron chi connectivity index (χ3n) is 7.23. The molecule has 0 saturated carbocycles. The van der Waals surface area contributed by atoms with Crippen molar-refractivity contribution in [3.8, 4) is 5.69 Å². The Morgan fingerprint density at radius 2 is 1.88 bits per heavy atom. The van der Waals surface area contributed by atoms with Crippen LogP contribution < -0.4 is 0 Å². The number of rotatable bonds is 5. The summed E-state index contributed by atoms with van der Waals surface area (Å²) >= 11 is 0. The molecule has 1 spiro atoms. The van der Waals surface area contributed by atoms with Crippen LogP contribution in [0.5, 0.6) is 0 Å². The van der Waals surface area contributed by atoms with Crippen LogP contribution in [-0.4, -0.2) is 60.3 Å². The summed E-state index contributed by atoms with van der Waals surface area (Å²) < 4.78 is 7.79. The minimum absolute atomic E-state index is 0.229. The van der Waals surface area contributed by atoms with Crippen molar-refractivity contribution in [2.45, 2.75) is 31.6 Å². The number of amides is 1. The van der Waals surface area contributed by atoms with Crippen molar-refractivity contribution in [3.63, 3.8) is 0 Å². The lowest BCUT2D eigenvalue weighted by Crippen LogP contribution is -2.39. The molecular weight excluding hydrogens is 434 g/mol. The standard InChI is InChI=1S/C25H23N5O4/c1-14-7-6-8-15(2)20(14)30-22(26-27-28-30)21(16-9-4-3-5-10-16)29-13-25-12-11-17(34-25)18(24(32)33)19(25)23(29)31/h3-12,17-19,21H,13H2,1-2H3,(H,32,33)/t17-,18+,19-,21-,25+/m1/s1. The molecule has 9 nitrogen and oxygen atoms in total. The second kappa shape index (κ2) is 7.33. The fraction of sp³-hybridized carbons (Fsp3) is 0.320. The zero-order valence-corrected chi connectivity index (χ0v) is 18.7. The average molecular weight is 457 g/mol. The molecular formula is C25H23N5O4. The van der Waals surface area contributed by atoms with Gasteiger partial charge in [-0.1, -0.05) is 60.7 Å². The van der Waals surface area contributed by atoms with E-state index < -0.39 is 35.6 Å². The topological polar surface area (TPSA) is 110 Å². The number of ether oxygens (including phenoxy) is 1. The normalized spacial score (nSPS) is 27.9. The van der Waals surface area contributed by atoms with Crippen LogP contribution in [0.25, 0.3) is 5.69 Å². The third-order valence-corrected chi connectivity index (χ3v) is 7.23. The van der Waals surface area contributed by atoms with Gasteiger partial charge in [-0.2, -0.15) is 4.68 Å². The Morgan fingerprint density at radius 1 is 1.15 bits per heavy atom. The maximum absolute atomic E-state index is 13.8. The number of likely N-dealkylation sites (tertiary alicyclic amines) is 1. The van der Waals surface area contributed by atoms with Gasteiger partial charge in [0.15, 0.2) is 5.82 Å². The first kappa shape index (κ1) is 20.7. The summed E-state index contributed by atoms with van der Waals surface area (Å²) in [5, 5.41) is 22.5. The van der Waals surface area contributed by atoms with Crippen LogP contribution in [0.15, 0.2) is 60.7 Å². The molecule has 2 fully saturated rings. The average Bonchev–Trinajstić information content (AvgIpc) is 3.57. The Morgan fingerprint density at radius 3 is 2.59 bits per heavy atom. The molecule has 5 atom stereocenters. The van der Waals surface area contributed by atoms with Crippen molar-refractivity contribution in [1.82, 2.24) is 25.1 Å². The maximum atomic E-state index is 13.8. The number of para-hydroxylation sites is 1. The fourth-order valence-corrected chi connectivity index (χ4v) is 5.80. The predicted octanol–water partition coefficient (Wildman–Crippen LogP) is 2.24. The number of aliphatic carboxylic acids is 1. The van der Waals surface area contributed by atoms with Gasteiger partial charge in [0, 0.05) is 0 Å². The highest BCUT2D eigenvalue weighted by Crippen LogP contribution is 2.53. The van der Waals surface area contributed by atoms with E-state index in [0.29, 0.717) is 5.82 Å². The smallest absolute Gasteiger partial charge is 0.310 e. The Labute approximate surface area is 195 Å². The summed E-state index contributed by atoms with van der Waals surface area (Å²) in [5.74, 6) is -2.49. The highest BCUT2D eigenvalue weighted by Gasteiger charge is 2.68. The summed E-state index contributed by atoms with van der Waals surface area (Å²) in [6.07, 6.45) is 3.05. The van der Waals surface area contributed by atoms with Crippen LogP contribution in [0, 0.1) is 25.7 Å². The van der Waals surface area contributed by atoms with Crippen LogP contribution in [-0.2, 0) is 14.3 Å². The zero-order valence-electron chi connectivity index (χ0n) is 18.7. The van der Waals surface area contributed by atoms with Crippen molar-refractivity contribution in [2.24, 2.45) is 11.8 Å². The number of aromatic nitrogens is 4. The molecule has 1 amide bonds. The first-order valence-corrected chi connectivity index (χ1v) is 11.2. The first-order chi connectivity index (χ1) is 16.4. The van der Waals surface area contributed by atoms with Crippen LogP contribution in [0.4, 0.5) is 0 Å². The van der Waals surface area contributed by atoms with Gasteiger partial charge in [0.2, 0.25) is 5.91 Å². The van der Waals surface area contributed by atoms with Gasteiger partial charge >= 0.3 is 5.97 Å². The highest BCUT2D eigenvalue weighted by atomic mass is 16.5. The number of tetrazole rings is 1. The van der Waals surface area contributed by atoms with E-state index in [2.05, 4.69) is 15.5 Å². The van der Waals surface area contributed by atoms with Gasteiger partial charge in [-0.15, -0.1) is 5.10 Å². The van der Waals surface area contributed by atoms with Gasteiger partial charge in [0.1, 0.15) is 17.6 Å². The van der Waals surface area contributed by atoms with Gasteiger partial charge in [-0.3, -0.25) is 9.59 Å². The van der Waals surface area contributed by atoms with Crippen molar-refractivity contribution in [1.29, 1.82) is 0 Å². The van der Waals surface area contributed by atoms with Gasteiger partial charge in [0.05, 0.1) is 24.3 Å². The quantitative estimate of drug-likeness (QED) is 0.585. The second-order valence-electron chi connectivity index (χ2n) is 9.21. The number of carbonyl (C=O) groups is 2. The van der Waals surface area contributed by atoms with Crippen LogP contribution in [0.3, 0.4) is 0 Å². The molecule has 172 valence electrons. The number of fused-ring (bicyclic) bond motifs is 1. The number of benzene rings is 2. The van der Waals surface area contributed by atoms with E-state index in [4.69, 9.17) is 4.74 Å². The van der Waals surface area contributed by atoms with E-state index in [0.717, 1.165) is 22.4 Å². The molecule has 2 saturated heterocycles. The van der Waals surface area contributed by atoms with Crippen molar-refractivity contribution in [3.05, 3.63) is 83.2 Å². The number of aryl methyl sites for hydroxylation is 2. The minimum Gasteiger partial charge on any atom is -0.481 e. The number of carboxylic acid groups (broad SMARTS) is 1. The van der Waals surface area contributed by atoms with Crippen molar-refractivity contribution in [2.75, 3.05) is 6.54 Å². The molecule has 9 heteroatoms. The Balaban J connectivity index is 1.50. The largest absolute Gasteiger partial charge is 0.481 e. The molecule has 0 unspecified atom stereocenters. The molecule has 34 heavy (non-hydrogen) atoms. The molecule has 3 aromatic rings. The number of hydrogen-bond acceptors (Lipinski definition) is 6. The van der Waals surface area contributed by atoms with Gasteiger partial charge in [-0.25, -0.2) is 0 Å². The van der Waals surface area contributed by atoms with E-state index in [1.54, 1.807) is 15.7 Å². The van der Waals surface area contributed by atoms with E-state index in [-0.39, 0.29) is 12.5 Å². The minimum atomic E-state index is -1.02. The molecule has 0 aliphatic carbocycles. The van der Waals surface area contributed by atoms with E-state index in [1.807, 2.05) is 68.5 Å². The molecule has 0 radical (unpaired) electrons. The maximum Gasteiger partial charge on any atom is 0.310 e. The molecule has 4 heterocycles. The molecule has 3 aliphatic rings. The second-order valence-corrected chi connectivity index (χ2v) is 9.21. The SMILES string of the molecule is Cc1cccc(C)c1-n1nnnc1[C@@H](c1ccccc1)N1C[C@]23C=C[C@@H](O2)[C@H](C(=O)O)[C@@H]3C1=O. The van der Waals surface area contributed by atoms with Gasteiger partial charge < -0.3 is 14.7 Å². The van der Waals surface area contributed by atoms with E-state index in [1.165, 1.54) is 0 Å². The lowest BCUT2D eigenvalue weighted by atomic mass is 9.77. The lowest BCUT2D eigenvalue weighted by molar-refractivity contribution is -0.148. The Bertz CT molecular complexity index is 1320. The van der Waals surface area contributed by atoms with E-state index in [9.17, 15) is 14.7 Å². The summed E-state index contributed by atoms with van der Waals surface area (Å²) in [7, 11) is 0. The van der Waals surface area contributed by atoms with Crippen molar-refractivity contribution < 1.29 is 19.4 Å². The molecule has 3 aliphatic heterocycles. The molecule has 1 N–H and O–H groups in total. The number of carboxylic acids is 1. The van der Waals surface area contributed by atoms with Gasteiger partial charge in [-0.05, 0) is 41.0 Å². The fourth-order valence-electron chi connectivity index (χ4n) is 5.80. The summed E-state index contributed by atoms with van der Waals surface area (Å²) in [4.78, 5) is 27.6. The third kappa shape index (κ3) is 2.80. The summed E-state index contributed by atoms with van der Waals surface area (Å²) in [6, 6.07) is 14.9. The van der Waals surface area contributed by atoms with Crippen molar-refractivity contribution >= 4 is 11.9 Å². The van der Waals surface area contributed by atoms with Crippen LogP contribution >= 0.6 is 0 Å². The number of hydrogen-bond donors (Lipinski definition) is 1. The highest BCUT2D eigenvalue weighted by molar-refractivity contribution is 5.91. The van der Waals surface area contributed by atoms with Gasteiger partial charge in [0.25, 0.3) is 0 Å². The number of carbonyl (C=O) groups excluding carboxylic acids is 1. The zero-order chi connectivity index (χ0) is 23.6. The Hall–Kier alpha value is -3.85.